The molecule has 0 aliphatic heterocycles. The molecular formula is C20H20N6O2S2. The maximum Gasteiger partial charge on any atom is 0.281 e. The fourth-order valence-corrected chi connectivity index (χ4v) is 4.82. The quantitative estimate of drug-likeness (QED) is 0.479. The van der Waals surface area contributed by atoms with E-state index in [9.17, 15) is 9.59 Å². The zero-order valence-electron chi connectivity index (χ0n) is 17.0. The predicted octanol–water partition coefficient (Wildman–Crippen LogP) is 3.13. The highest BCUT2D eigenvalue weighted by molar-refractivity contribution is 7.99. The second kappa shape index (κ2) is 8.04. The third-order valence-corrected chi connectivity index (χ3v) is 6.80. The Morgan fingerprint density at radius 2 is 1.87 bits per heavy atom. The summed E-state index contributed by atoms with van der Waals surface area (Å²) in [7, 11) is 0. The van der Waals surface area contributed by atoms with Crippen LogP contribution in [-0.4, -0.2) is 36.1 Å². The zero-order chi connectivity index (χ0) is 21.4. The third-order valence-electron chi connectivity index (χ3n) is 4.75. The van der Waals surface area contributed by atoms with E-state index in [1.807, 2.05) is 56.5 Å². The Kier molecular flexibility index (Phi) is 5.44. The number of nitrogens with zero attached hydrogens (tertiary/aromatic N) is 5. The molecule has 154 valence electrons. The van der Waals surface area contributed by atoms with Crippen molar-refractivity contribution in [1.82, 2.24) is 24.4 Å². The summed E-state index contributed by atoms with van der Waals surface area (Å²) in [6.07, 6.45) is 1.35. The number of fused-ring (bicyclic) bond motifs is 1. The SMILES string of the molecule is Cc1ccc(-n2c(C)nnc2SCC(=O)Nn2cnc3sc(C)c(C)c3c2=O)cc1. The Balaban J connectivity index is 1.51. The highest BCUT2D eigenvalue weighted by Crippen LogP contribution is 2.25. The maximum absolute atomic E-state index is 12.7. The van der Waals surface area contributed by atoms with E-state index in [1.54, 1.807) is 0 Å². The third kappa shape index (κ3) is 3.75. The second-order valence-electron chi connectivity index (χ2n) is 6.91. The summed E-state index contributed by atoms with van der Waals surface area (Å²) in [5, 5.41) is 9.47. The van der Waals surface area contributed by atoms with Gasteiger partial charge < -0.3 is 0 Å². The fraction of sp³-hybridized carbons (Fsp3) is 0.250. The first-order valence-corrected chi connectivity index (χ1v) is 11.0. The molecule has 0 saturated carbocycles. The van der Waals surface area contributed by atoms with Crippen molar-refractivity contribution in [1.29, 1.82) is 0 Å². The normalized spacial score (nSPS) is 11.2. The Bertz CT molecular complexity index is 1300. The van der Waals surface area contributed by atoms with Gasteiger partial charge in [0.15, 0.2) is 5.16 Å². The van der Waals surface area contributed by atoms with E-state index in [0.717, 1.165) is 32.2 Å². The number of carbonyl (C=O) groups excluding carboxylic acids is 1. The van der Waals surface area contributed by atoms with Gasteiger partial charge in [-0.05, 0) is 45.4 Å². The van der Waals surface area contributed by atoms with Gasteiger partial charge in [0.1, 0.15) is 17.0 Å². The van der Waals surface area contributed by atoms with Gasteiger partial charge in [0.25, 0.3) is 5.56 Å². The number of thioether (sulfide) groups is 1. The van der Waals surface area contributed by atoms with Gasteiger partial charge in [-0.2, -0.15) is 0 Å². The molecular weight excluding hydrogens is 420 g/mol. The van der Waals surface area contributed by atoms with Gasteiger partial charge in [0.2, 0.25) is 5.91 Å². The first-order valence-electron chi connectivity index (χ1n) is 9.24. The number of benzene rings is 1. The van der Waals surface area contributed by atoms with Gasteiger partial charge in [-0.1, -0.05) is 29.5 Å². The van der Waals surface area contributed by atoms with Crippen LogP contribution in [0.4, 0.5) is 0 Å². The standard InChI is InChI=1S/C20H20N6O2S2/c1-11-5-7-15(8-6-11)26-14(4)22-23-20(26)29-9-16(27)24-25-10-21-18-17(19(25)28)12(2)13(3)30-18/h5-8,10H,9H2,1-4H3,(H,24,27). The van der Waals surface area contributed by atoms with Crippen LogP contribution in [0.5, 0.6) is 0 Å². The lowest BCUT2D eigenvalue weighted by Crippen LogP contribution is -2.34. The lowest BCUT2D eigenvalue weighted by atomic mass is 10.2. The lowest BCUT2D eigenvalue weighted by Gasteiger charge is -2.10. The molecule has 30 heavy (non-hydrogen) atoms. The highest BCUT2D eigenvalue weighted by Gasteiger charge is 2.16. The van der Waals surface area contributed by atoms with Gasteiger partial charge in [-0.3, -0.25) is 19.6 Å². The van der Waals surface area contributed by atoms with Crippen molar-refractivity contribution in [2.24, 2.45) is 0 Å². The zero-order valence-corrected chi connectivity index (χ0v) is 18.6. The summed E-state index contributed by atoms with van der Waals surface area (Å²) in [5.74, 6) is 0.482. The number of thiophene rings is 1. The van der Waals surface area contributed by atoms with Gasteiger partial charge in [-0.25, -0.2) is 9.66 Å². The molecule has 0 fully saturated rings. The van der Waals surface area contributed by atoms with Crippen LogP contribution < -0.4 is 11.0 Å². The van der Waals surface area contributed by atoms with Crippen LogP contribution in [0.15, 0.2) is 40.5 Å². The largest absolute Gasteiger partial charge is 0.281 e. The Hall–Kier alpha value is -2.98. The van der Waals surface area contributed by atoms with Crippen molar-refractivity contribution < 1.29 is 4.79 Å². The molecule has 0 unspecified atom stereocenters. The second-order valence-corrected chi connectivity index (χ2v) is 9.05. The van der Waals surface area contributed by atoms with Crippen LogP contribution in [0.3, 0.4) is 0 Å². The van der Waals surface area contributed by atoms with Crippen molar-refractivity contribution in [3.63, 3.8) is 0 Å². The van der Waals surface area contributed by atoms with Crippen LogP contribution in [0.25, 0.3) is 15.9 Å². The Morgan fingerprint density at radius 3 is 2.60 bits per heavy atom. The molecule has 8 nitrogen and oxygen atoms in total. The molecule has 10 heteroatoms. The van der Waals surface area contributed by atoms with Crippen LogP contribution in [0.1, 0.15) is 21.8 Å². The number of carbonyl (C=O) groups is 1. The van der Waals surface area contributed by atoms with E-state index in [0.29, 0.717) is 15.4 Å². The van der Waals surface area contributed by atoms with Crippen molar-refractivity contribution in [3.8, 4) is 5.69 Å². The molecule has 0 aliphatic carbocycles. The van der Waals surface area contributed by atoms with Crippen LogP contribution in [0, 0.1) is 27.7 Å². The van der Waals surface area contributed by atoms with Gasteiger partial charge in [0.05, 0.1) is 11.1 Å². The molecule has 3 heterocycles. The number of amides is 1. The van der Waals surface area contributed by atoms with Crippen molar-refractivity contribution in [3.05, 3.63) is 62.8 Å². The van der Waals surface area contributed by atoms with Crippen LogP contribution >= 0.6 is 23.1 Å². The average molecular weight is 441 g/mol. The monoisotopic (exact) mass is 440 g/mol. The molecule has 4 aromatic rings. The minimum atomic E-state index is -0.330. The summed E-state index contributed by atoms with van der Waals surface area (Å²) >= 11 is 2.73. The Labute approximate surface area is 180 Å². The summed E-state index contributed by atoms with van der Waals surface area (Å²) < 4.78 is 3.04. The topological polar surface area (TPSA) is 94.7 Å². The van der Waals surface area contributed by atoms with E-state index in [-0.39, 0.29) is 17.2 Å². The minimum absolute atomic E-state index is 0.0795. The number of hydrogen-bond acceptors (Lipinski definition) is 7. The highest BCUT2D eigenvalue weighted by atomic mass is 32.2. The summed E-state index contributed by atoms with van der Waals surface area (Å²) in [6, 6.07) is 8.00. The first kappa shape index (κ1) is 20.3. The van der Waals surface area contributed by atoms with E-state index in [2.05, 4.69) is 20.6 Å². The van der Waals surface area contributed by atoms with E-state index in [4.69, 9.17) is 0 Å². The fourth-order valence-electron chi connectivity index (χ4n) is 3.04. The Morgan fingerprint density at radius 1 is 1.13 bits per heavy atom. The van der Waals surface area contributed by atoms with Crippen molar-refractivity contribution >= 4 is 39.2 Å². The van der Waals surface area contributed by atoms with E-state index < -0.39 is 0 Å². The number of nitrogens with one attached hydrogen (secondary N) is 1. The molecule has 0 saturated heterocycles. The molecule has 1 aromatic carbocycles. The molecule has 1 N–H and O–H groups in total. The number of aryl methyl sites for hydroxylation is 4. The summed E-state index contributed by atoms with van der Waals surface area (Å²) in [5.41, 5.74) is 5.32. The summed E-state index contributed by atoms with van der Waals surface area (Å²) in [6.45, 7) is 7.73. The smallest absolute Gasteiger partial charge is 0.274 e. The van der Waals surface area contributed by atoms with Gasteiger partial charge >= 0.3 is 0 Å². The molecule has 0 radical (unpaired) electrons. The molecule has 1 amide bonds. The summed E-state index contributed by atoms with van der Waals surface area (Å²) in [4.78, 5) is 31.2. The molecule has 0 bridgehead atoms. The van der Waals surface area contributed by atoms with Crippen LogP contribution in [-0.2, 0) is 4.79 Å². The average Bonchev–Trinajstić information content (AvgIpc) is 3.23. The van der Waals surface area contributed by atoms with Gasteiger partial charge in [0, 0.05) is 10.6 Å². The first-order chi connectivity index (χ1) is 14.3. The van der Waals surface area contributed by atoms with Crippen molar-refractivity contribution in [2.45, 2.75) is 32.9 Å². The lowest BCUT2D eigenvalue weighted by molar-refractivity contribution is -0.114. The molecule has 4 rings (SSSR count). The predicted molar refractivity (Wildman–Crippen MR) is 119 cm³/mol. The molecule has 0 spiro atoms. The molecule has 3 aromatic heterocycles. The van der Waals surface area contributed by atoms with E-state index in [1.165, 1.54) is 29.4 Å². The molecule has 0 aliphatic rings. The number of aromatic nitrogens is 5. The van der Waals surface area contributed by atoms with Crippen molar-refractivity contribution in [2.75, 3.05) is 11.2 Å². The molecule has 0 atom stereocenters. The number of hydrogen-bond donors (Lipinski definition) is 1. The van der Waals surface area contributed by atoms with E-state index >= 15 is 0 Å². The number of rotatable bonds is 5. The minimum Gasteiger partial charge on any atom is -0.274 e. The maximum atomic E-state index is 12.7. The van der Waals surface area contributed by atoms with Crippen LogP contribution in [0.2, 0.25) is 0 Å². The van der Waals surface area contributed by atoms with Gasteiger partial charge in [-0.15, -0.1) is 21.5 Å².